The SMILES string of the molecule is [CH2+]C(C)CN1C[C@H](c2ccccc2)NC[C@H]1C. The van der Waals surface area contributed by atoms with E-state index in [2.05, 4.69) is 61.3 Å². The molecular weight excluding hydrogens is 208 g/mol. The molecule has 1 saturated heterocycles. The minimum atomic E-state index is 0.464. The fourth-order valence-electron chi connectivity index (χ4n) is 2.48. The van der Waals surface area contributed by atoms with Crippen LogP contribution in [0.25, 0.3) is 0 Å². The lowest BCUT2D eigenvalue weighted by Gasteiger charge is -2.39. The first-order valence-corrected chi connectivity index (χ1v) is 6.52. The molecule has 1 N–H and O–H groups in total. The van der Waals surface area contributed by atoms with Crippen molar-refractivity contribution >= 4 is 0 Å². The van der Waals surface area contributed by atoms with Gasteiger partial charge in [0.05, 0.1) is 6.92 Å². The van der Waals surface area contributed by atoms with Crippen molar-refractivity contribution in [2.24, 2.45) is 5.92 Å². The molecule has 1 aromatic rings. The maximum Gasteiger partial charge on any atom is 0.105 e. The second-order valence-electron chi connectivity index (χ2n) is 5.28. The van der Waals surface area contributed by atoms with E-state index in [1.807, 2.05) is 0 Å². The lowest BCUT2D eigenvalue weighted by atomic mass is 10.0. The Morgan fingerprint density at radius 2 is 2.12 bits per heavy atom. The maximum atomic E-state index is 4.10. The first kappa shape index (κ1) is 12.5. The van der Waals surface area contributed by atoms with E-state index < -0.39 is 0 Å². The molecule has 3 atom stereocenters. The van der Waals surface area contributed by atoms with E-state index in [0.29, 0.717) is 18.0 Å². The van der Waals surface area contributed by atoms with Crippen LogP contribution in [0.4, 0.5) is 0 Å². The van der Waals surface area contributed by atoms with Gasteiger partial charge in [-0.15, -0.1) is 0 Å². The number of hydrogen-bond acceptors (Lipinski definition) is 2. The Morgan fingerprint density at radius 3 is 2.76 bits per heavy atom. The Hall–Kier alpha value is -0.990. The summed E-state index contributed by atoms with van der Waals surface area (Å²) in [6.45, 7) is 11.8. The van der Waals surface area contributed by atoms with Crippen molar-refractivity contribution in [2.45, 2.75) is 25.9 Å². The van der Waals surface area contributed by atoms with E-state index in [1.165, 1.54) is 5.56 Å². The van der Waals surface area contributed by atoms with E-state index in [9.17, 15) is 0 Å². The van der Waals surface area contributed by atoms with E-state index in [1.54, 1.807) is 0 Å². The highest BCUT2D eigenvalue weighted by atomic mass is 15.2. The standard InChI is InChI=1S/C15H23N2/c1-12(2)10-17-11-15(16-9-13(17)3)14-7-5-4-6-8-14/h4-8,12-13,15-16H,1,9-11H2,2-3H3/q+1/t12?,13-,15-/m1/s1. The van der Waals surface area contributed by atoms with Gasteiger partial charge >= 0.3 is 0 Å². The van der Waals surface area contributed by atoms with Gasteiger partial charge in [0.1, 0.15) is 5.92 Å². The Kier molecular flexibility index (Phi) is 4.08. The first-order valence-electron chi connectivity index (χ1n) is 6.52. The van der Waals surface area contributed by atoms with E-state index in [4.69, 9.17) is 0 Å². The van der Waals surface area contributed by atoms with Crippen LogP contribution in [0.5, 0.6) is 0 Å². The van der Waals surface area contributed by atoms with Crippen molar-refractivity contribution in [2.75, 3.05) is 19.6 Å². The second kappa shape index (κ2) is 5.56. The molecule has 0 radical (unpaired) electrons. The fraction of sp³-hybridized carbons (Fsp3) is 0.533. The lowest BCUT2D eigenvalue weighted by Crippen LogP contribution is -2.52. The smallest absolute Gasteiger partial charge is 0.105 e. The summed E-state index contributed by atoms with van der Waals surface area (Å²) in [4.78, 5) is 2.55. The highest BCUT2D eigenvalue weighted by Gasteiger charge is 2.26. The minimum absolute atomic E-state index is 0.464. The molecule has 2 heteroatoms. The maximum absolute atomic E-state index is 4.10. The van der Waals surface area contributed by atoms with E-state index in [-0.39, 0.29) is 0 Å². The Morgan fingerprint density at radius 1 is 1.41 bits per heavy atom. The van der Waals surface area contributed by atoms with Crippen LogP contribution in [0.1, 0.15) is 25.5 Å². The number of benzene rings is 1. The highest BCUT2D eigenvalue weighted by molar-refractivity contribution is 5.20. The van der Waals surface area contributed by atoms with Crippen molar-refractivity contribution in [1.82, 2.24) is 10.2 Å². The van der Waals surface area contributed by atoms with Gasteiger partial charge in [-0.05, 0) is 19.4 Å². The predicted octanol–water partition coefficient (Wildman–Crippen LogP) is 2.49. The molecule has 1 aliphatic rings. The third-order valence-electron chi connectivity index (χ3n) is 3.45. The van der Waals surface area contributed by atoms with Crippen molar-refractivity contribution in [3.05, 3.63) is 42.8 Å². The van der Waals surface area contributed by atoms with Gasteiger partial charge in [-0.25, -0.2) is 0 Å². The first-order chi connectivity index (χ1) is 8.16. The Balaban J connectivity index is 2.02. The van der Waals surface area contributed by atoms with Crippen LogP contribution in [0.2, 0.25) is 0 Å². The third kappa shape index (κ3) is 3.24. The van der Waals surface area contributed by atoms with Crippen molar-refractivity contribution in [3.63, 3.8) is 0 Å². The Bertz CT molecular complexity index is 334. The molecule has 1 unspecified atom stereocenters. The monoisotopic (exact) mass is 231 g/mol. The molecule has 0 saturated carbocycles. The van der Waals surface area contributed by atoms with Crippen LogP contribution in [-0.2, 0) is 0 Å². The summed E-state index contributed by atoms with van der Waals surface area (Å²) >= 11 is 0. The molecule has 0 amide bonds. The van der Waals surface area contributed by atoms with Gasteiger partial charge in [-0.2, -0.15) is 0 Å². The second-order valence-corrected chi connectivity index (χ2v) is 5.28. The van der Waals surface area contributed by atoms with Gasteiger partial charge < -0.3 is 5.32 Å². The summed E-state index contributed by atoms with van der Waals surface area (Å²) in [5, 5.41) is 3.63. The fourth-order valence-corrected chi connectivity index (χ4v) is 2.48. The molecule has 1 fully saturated rings. The van der Waals surface area contributed by atoms with Crippen LogP contribution in [0, 0.1) is 12.8 Å². The summed E-state index contributed by atoms with van der Waals surface area (Å²) < 4.78 is 0. The number of hydrogen-bond donors (Lipinski definition) is 1. The average Bonchev–Trinajstić information content (AvgIpc) is 2.32. The number of rotatable bonds is 3. The normalized spacial score (nSPS) is 27.9. The molecule has 92 valence electrons. The van der Waals surface area contributed by atoms with Gasteiger partial charge in [-0.1, -0.05) is 30.3 Å². The van der Waals surface area contributed by atoms with Crippen LogP contribution in [-0.4, -0.2) is 30.6 Å². The molecule has 1 heterocycles. The third-order valence-corrected chi connectivity index (χ3v) is 3.45. The molecule has 2 rings (SSSR count). The number of nitrogens with one attached hydrogen (secondary N) is 1. The van der Waals surface area contributed by atoms with Crippen molar-refractivity contribution < 1.29 is 0 Å². The molecule has 0 aromatic heterocycles. The molecule has 0 spiro atoms. The number of piperazine rings is 1. The van der Waals surface area contributed by atoms with Gasteiger partial charge in [0.25, 0.3) is 0 Å². The quantitative estimate of drug-likeness (QED) is 0.804. The van der Waals surface area contributed by atoms with Crippen molar-refractivity contribution in [3.8, 4) is 0 Å². The van der Waals surface area contributed by atoms with Crippen LogP contribution in [0.15, 0.2) is 30.3 Å². The zero-order chi connectivity index (χ0) is 12.3. The van der Waals surface area contributed by atoms with Gasteiger partial charge in [0.15, 0.2) is 0 Å². The summed E-state index contributed by atoms with van der Waals surface area (Å²) in [7, 11) is 0. The molecule has 1 aromatic carbocycles. The van der Waals surface area contributed by atoms with E-state index >= 15 is 0 Å². The van der Waals surface area contributed by atoms with Gasteiger partial charge in [0.2, 0.25) is 0 Å². The zero-order valence-electron chi connectivity index (χ0n) is 10.9. The predicted molar refractivity (Wildman–Crippen MR) is 72.7 cm³/mol. The van der Waals surface area contributed by atoms with Crippen LogP contribution < -0.4 is 5.32 Å². The molecule has 1 aliphatic heterocycles. The topological polar surface area (TPSA) is 15.3 Å². The highest BCUT2D eigenvalue weighted by Crippen LogP contribution is 2.20. The van der Waals surface area contributed by atoms with Crippen LogP contribution >= 0.6 is 0 Å². The summed E-state index contributed by atoms with van der Waals surface area (Å²) in [6.07, 6.45) is 0. The molecular formula is C15H23N2+. The zero-order valence-corrected chi connectivity index (χ0v) is 10.9. The van der Waals surface area contributed by atoms with Gasteiger partial charge in [-0.3, -0.25) is 4.90 Å². The summed E-state index contributed by atoms with van der Waals surface area (Å²) in [6, 6.07) is 11.8. The molecule has 17 heavy (non-hydrogen) atoms. The molecule has 0 bridgehead atoms. The number of nitrogens with zero attached hydrogens (tertiary/aromatic N) is 1. The summed E-state index contributed by atoms with van der Waals surface area (Å²) in [5.74, 6) is 0.493. The summed E-state index contributed by atoms with van der Waals surface area (Å²) in [5.41, 5.74) is 1.39. The molecule has 0 aliphatic carbocycles. The largest absolute Gasteiger partial charge is 0.307 e. The minimum Gasteiger partial charge on any atom is -0.307 e. The van der Waals surface area contributed by atoms with Crippen LogP contribution in [0.3, 0.4) is 0 Å². The molecule has 2 nitrogen and oxygen atoms in total. The van der Waals surface area contributed by atoms with Crippen molar-refractivity contribution in [1.29, 1.82) is 0 Å². The average molecular weight is 231 g/mol. The van der Waals surface area contributed by atoms with Gasteiger partial charge in [0, 0.05) is 31.7 Å². The lowest BCUT2D eigenvalue weighted by molar-refractivity contribution is 0.130. The van der Waals surface area contributed by atoms with E-state index in [0.717, 1.165) is 19.6 Å². The Labute approximate surface area is 105 Å².